The highest BCUT2D eigenvalue weighted by Gasteiger charge is 2.37. The van der Waals surface area contributed by atoms with E-state index in [1.54, 1.807) is 12.3 Å². The molecule has 7 nitrogen and oxygen atoms in total. The number of nitrogens with zero attached hydrogens (tertiary/aromatic N) is 4. The number of aryl methyl sites for hydroxylation is 1. The molecule has 1 amide bonds. The number of alkyl halides is 5. The van der Waals surface area contributed by atoms with Crippen molar-refractivity contribution < 1.29 is 31.2 Å². The molecule has 3 heterocycles. The summed E-state index contributed by atoms with van der Waals surface area (Å²) in [4.78, 5) is 21.5. The third kappa shape index (κ3) is 4.21. The summed E-state index contributed by atoms with van der Waals surface area (Å²) in [5.74, 6) is 0.251. The van der Waals surface area contributed by atoms with Crippen LogP contribution in [0.25, 0.3) is 11.5 Å². The van der Waals surface area contributed by atoms with Crippen LogP contribution in [-0.2, 0) is 12.7 Å². The molecule has 2 aliphatic rings. The molecule has 1 unspecified atom stereocenters. The maximum Gasteiger partial charge on any atom is 0.504 e. The number of rotatable bonds is 5. The van der Waals surface area contributed by atoms with E-state index in [0.29, 0.717) is 42.5 Å². The summed E-state index contributed by atoms with van der Waals surface area (Å²) in [6, 6.07) is 2.98. The second-order valence-corrected chi connectivity index (χ2v) is 8.13. The Balaban J connectivity index is 1.41. The number of nitrogens with one attached hydrogen (secondary N) is 1. The Morgan fingerprint density at radius 1 is 1.24 bits per heavy atom. The fraction of sp³-hybridized carbons (Fsp3) is 0.429. The minimum Gasteiger partial charge on any atom is -0.441 e. The third-order valence-electron chi connectivity index (χ3n) is 5.74. The molecule has 3 aromatic heterocycles. The summed E-state index contributed by atoms with van der Waals surface area (Å²) in [6.07, 6.45) is -2.63. The van der Waals surface area contributed by atoms with Crippen molar-refractivity contribution in [3.63, 3.8) is 0 Å². The van der Waals surface area contributed by atoms with Gasteiger partial charge in [-0.2, -0.15) is 9.78 Å². The van der Waals surface area contributed by atoms with Gasteiger partial charge in [0.1, 0.15) is 17.1 Å². The highest BCUT2D eigenvalue weighted by Crippen LogP contribution is 2.40. The lowest BCUT2D eigenvalue weighted by Gasteiger charge is -2.21. The van der Waals surface area contributed by atoms with Gasteiger partial charge in [0.2, 0.25) is 5.89 Å². The number of hydrogen-bond donors (Lipinski definition) is 1. The first kappa shape index (κ1) is 21.5. The standard InChI is InChI=1S/C21H18F5N5O2/c22-18(23)16-12(9-31(30-16)21(24,25)26)19(32)28-13-2-1-3-15-17(13)29-20(33-15)11-6-7-27-14(8-11)10-4-5-10/h6-10,13,18H,1-5H2,(H,28,32). The number of carbonyl (C=O) groups excluding carboxylic acids is 1. The van der Waals surface area contributed by atoms with Crippen molar-refractivity contribution in [3.8, 4) is 11.5 Å². The predicted molar refractivity (Wildman–Crippen MR) is 103 cm³/mol. The molecule has 3 aromatic rings. The van der Waals surface area contributed by atoms with Gasteiger partial charge in [-0.1, -0.05) is 0 Å². The molecule has 0 spiro atoms. The number of aromatic nitrogens is 4. The predicted octanol–water partition coefficient (Wildman–Crippen LogP) is 5.03. The first-order valence-corrected chi connectivity index (χ1v) is 10.4. The maximum atomic E-state index is 13.2. The Hall–Kier alpha value is -3.31. The molecule has 0 aromatic carbocycles. The van der Waals surface area contributed by atoms with Crippen molar-refractivity contribution in [2.45, 2.75) is 56.8 Å². The van der Waals surface area contributed by atoms with Gasteiger partial charge >= 0.3 is 6.30 Å². The van der Waals surface area contributed by atoms with Gasteiger partial charge in [-0.3, -0.25) is 9.78 Å². The normalized spacial score (nSPS) is 18.4. The highest BCUT2D eigenvalue weighted by molar-refractivity contribution is 5.95. The van der Waals surface area contributed by atoms with Crippen LogP contribution >= 0.6 is 0 Å². The molecule has 33 heavy (non-hydrogen) atoms. The molecule has 1 atom stereocenters. The summed E-state index contributed by atoms with van der Waals surface area (Å²) in [7, 11) is 0. The summed E-state index contributed by atoms with van der Waals surface area (Å²) in [6.45, 7) is 0. The van der Waals surface area contributed by atoms with Crippen LogP contribution in [0.5, 0.6) is 0 Å². The first-order valence-electron chi connectivity index (χ1n) is 10.4. The van der Waals surface area contributed by atoms with E-state index in [1.807, 2.05) is 6.07 Å². The number of pyridine rings is 1. The maximum absolute atomic E-state index is 13.2. The van der Waals surface area contributed by atoms with E-state index in [1.165, 1.54) is 0 Å². The van der Waals surface area contributed by atoms with E-state index in [0.717, 1.165) is 24.1 Å². The number of amides is 1. The van der Waals surface area contributed by atoms with E-state index in [2.05, 4.69) is 20.4 Å². The fourth-order valence-electron chi connectivity index (χ4n) is 3.96. The van der Waals surface area contributed by atoms with E-state index in [4.69, 9.17) is 4.42 Å². The van der Waals surface area contributed by atoms with Crippen LogP contribution in [0, 0.1) is 0 Å². The summed E-state index contributed by atoms with van der Waals surface area (Å²) in [5, 5.41) is 5.38. The summed E-state index contributed by atoms with van der Waals surface area (Å²) >= 11 is 0. The van der Waals surface area contributed by atoms with E-state index >= 15 is 0 Å². The monoisotopic (exact) mass is 467 g/mol. The van der Waals surface area contributed by atoms with Gasteiger partial charge in [0.05, 0.1) is 11.6 Å². The molecule has 174 valence electrons. The van der Waals surface area contributed by atoms with Gasteiger partial charge < -0.3 is 9.73 Å². The molecule has 1 N–H and O–H groups in total. The second-order valence-electron chi connectivity index (χ2n) is 8.13. The smallest absolute Gasteiger partial charge is 0.441 e. The molecule has 1 saturated carbocycles. The zero-order valence-electron chi connectivity index (χ0n) is 17.1. The van der Waals surface area contributed by atoms with Gasteiger partial charge in [-0.05, 0) is 37.8 Å². The van der Waals surface area contributed by atoms with E-state index < -0.39 is 40.6 Å². The minimum absolute atomic E-state index is 0.269. The van der Waals surface area contributed by atoms with Crippen molar-refractivity contribution in [2.75, 3.05) is 0 Å². The van der Waals surface area contributed by atoms with Gasteiger partial charge in [0, 0.05) is 36.0 Å². The van der Waals surface area contributed by atoms with Gasteiger partial charge in [-0.25, -0.2) is 13.8 Å². The van der Waals surface area contributed by atoms with Crippen LogP contribution < -0.4 is 5.32 Å². The van der Waals surface area contributed by atoms with Crippen molar-refractivity contribution in [1.82, 2.24) is 25.1 Å². The van der Waals surface area contributed by atoms with Gasteiger partial charge in [-0.15, -0.1) is 13.2 Å². The van der Waals surface area contributed by atoms with Crippen LogP contribution in [0.2, 0.25) is 0 Å². The van der Waals surface area contributed by atoms with Crippen LogP contribution in [0.1, 0.15) is 77.3 Å². The molecule has 2 aliphatic carbocycles. The molecular formula is C21H18F5N5O2. The van der Waals surface area contributed by atoms with E-state index in [9.17, 15) is 26.7 Å². The summed E-state index contributed by atoms with van der Waals surface area (Å²) in [5.41, 5.74) is 0.0659. The number of hydrogen-bond acceptors (Lipinski definition) is 5. The van der Waals surface area contributed by atoms with Gasteiger partial charge in [0.25, 0.3) is 12.3 Å². The number of fused-ring (bicyclic) bond motifs is 1. The molecule has 0 aliphatic heterocycles. The van der Waals surface area contributed by atoms with Crippen LogP contribution in [0.15, 0.2) is 28.9 Å². The Labute approximate surface area is 184 Å². The molecule has 0 radical (unpaired) electrons. The topological polar surface area (TPSA) is 85.8 Å². The Kier molecular flexibility index (Phi) is 5.17. The first-order chi connectivity index (χ1) is 15.7. The Morgan fingerprint density at radius 3 is 2.73 bits per heavy atom. The molecule has 0 bridgehead atoms. The number of carbonyl (C=O) groups is 1. The van der Waals surface area contributed by atoms with Crippen molar-refractivity contribution in [2.24, 2.45) is 0 Å². The van der Waals surface area contributed by atoms with E-state index in [-0.39, 0.29) is 6.20 Å². The molecular weight excluding hydrogens is 449 g/mol. The molecule has 12 heteroatoms. The van der Waals surface area contributed by atoms with Crippen molar-refractivity contribution in [3.05, 3.63) is 52.9 Å². The second kappa shape index (κ2) is 7.92. The zero-order valence-corrected chi connectivity index (χ0v) is 17.1. The van der Waals surface area contributed by atoms with Crippen LogP contribution in [0.4, 0.5) is 22.0 Å². The van der Waals surface area contributed by atoms with Crippen molar-refractivity contribution in [1.29, 1.82) is 0 Å². The molecule has 0 saturated heterocycles. The third-order valence-corrected chi connectivity index (χ3v) is 5.74. The highest BCUT2D eigenvalue weighted by atomic mass is 19.4. The van der Waals surface area contributed by atoms with Crippen LogP contribution in [0.3, 0.4) is 0 Å². The molecule has 5 rings (SSSR count). The lowest BCUT2D eigenvalue weighted by Crippen LogP contribution is -2.31. The lowest BCUT2D eigenvalue weighted by atomic mass is 9.96. The minimum atomic E-state index is -5.02. The number of halogens is 5. The summed E-state index contributed by atoms with van der Waals surface area (Å²) < 4.78 is 70.5. The van der Waals surface area contributed by atoms with Crippen LogP contribution in [-0.4, -0.2) is 25.7 Å². The average molecular weight is 467 g/mol. The Morgan fingerprint density at radius 2 is 2.03 bits per heavy atom. The quantitative estimate of drug-likeness (QED) is 0.532. The van der Waals surface area contributed by atoms with Gasteiger partial charge in [0.15, 0.2) is 0 Å². The fourth-order valence-corrected chi connectivity index (χ4v) is 3.96. The zero-order chi connectivity index (χ0) is 23.3. The SMILES string of the molecule is O=C(NC1CCCc2oc(-c3ccnc(C4CC4)c3)nc21)c1cn(C(F)(F)F)nc1C(F)F. The molecule has 1 fully saturated rings. The largest absolute Gasteiger partial charge is 0.504 e. The van der Waals surface area contributed by atoms with Crippen molar-refractivity contribution >= 4 is 5.91 Å². The number of oxazole rings is 1. The lowest BCUT2D eigenvalue weighted by molar-refractivity contribution is -0.212. The average Bonchev–Trinajstić information content (AvgIpc) is 3.34. The Bertz CT molecular complexity index is 1200.